The van der Waals surface area contributed by atoms with Gasteiger partial charge in [0.05, 0.1) is 24.4 Å². The Kier molecular flexibility index (Phi) is 3.68. The van der Waals surface area contributed by atoms with E-state index in [-0.39, 0.29) is 0 Å². The van der Waals surface area contributed by atoms with Gasteiger partial charge in [-0.15, -0.1) is 11.3 Å². The van der Waals surface area contributed by atoms with E-state index < -0.39 is 0 Å². The summed E-state index contributed by atoms with van der Waals surface area (Å²) >= 11 is 1.64. The molecule has 1 aliphatic heterocycles. The Bertz CT molecular complexity index is 295. The van der Waals surface area contributed by atoms with Gasteiger partial charge in [0.25, 0.3) is 0 Å². The highest BCUT2D eigenvalue weighted by atomic mass is 32.1. The van der Waals surface area contributed by atoms with E-state index in [1.54, 1.807) is 11.3 Å². The minimum atomic E-state index is 0.782. The Morgan fingerprint density at radius 1 is 1.50 bits per heavy atom. The first-order chi connectivity index (χ1) is 6.95. The molecule has 1 aromatic heterocycles. The molecule has 4 heteroatoms. The number of nitrogens with zero attached hydrogens (tertiary/aromatic N) is 1. The molecule has 0 spiro atoms. The average Bonchev–Trinajstić information content (AvgIpc) is 2.72. The second-order valence-electron chi connectivity index (χ2n) is 3.29. The summed E-state index contributed by atoms with van der Waals surface area (Å²) in [5, 5.41) is 5.42. The van der Waals surface area contributed by atoms with E-state index in [4.69, 9.17) is 4.74 Å². The number of thiazole rings is 1. The van der Waals surface area contributed by atoms with Gasteiger partial charge >= 0.3 is 0 Å². The van der Waals surface area contributed by atoms with E-state index in [1.807, 2.05) is 5.51 Å². The topological polar surface area (TPSA) is 34.2 Å². The summed E-state index contributed by atoms with van der Waals surface area (Å²) in [6, 6.07) is 0. The van der Waals surface area contributed by atoms with Crippen LogP contribution in [0, 0.1) is 0 Å². The van der Waals surface area contributed by atoms with Crippen LogP contribution in [0.15, 0.2) is 22.5 Å². The van der Waals surface area contributed by atoms with Crippen molar-refractivity contribution >= 4 is 11.3 Å². The highest BCUT2D eigenvalue weighted by Crippen LogP contribution is 2.05. The SMILES string of the molecule is C1=C(CNCc2cscn2)COCC1. The monoisotopic (exact) mass is 210 g/mol. The number of hydrogen-bond acceptors (Lipinski definition) is 4. The van der Waals surface area contributed by atoms with Crippen molar-refractivity contribution in [2.75, 3.05) is 19.8 Å². The predicted octanol–water partition coefficient (Wildman–Crippen LogP) is 1.58. The number of aromatic nitrogens is 1. The predicted molar refractivity (Wildman–Crippen MR) is 57.3 cm³/mol. The average molecular weight is 210 g/mol. The fraction of sp³-hybridized carbons (Fsp3) is 0.500. The largest absolute Gasteiger partial charge is 0.377 e. The lowest BCUT2D eigenvalue weighted by atomic mass is 10.2. The summed E-state index contributed by atoms with van der Waals surface area (Å²) < 4.78 is 5.35. The first-order valence-corrected chi connectivity index (χ1v) is 5.73. The number of nitrogens with one attached hydrogen (secondary N) is 1. The maximum Gasteiger partial charge on any atom is 0.0795 e. The third kappa shape index (κ3) is 2.90. The molecule has 0 bridgehead atoms. The molecule has 0 amide bonds. The Morgan fingerprint density at radius 3 is 3.21 bits per heavy atom. The van der Waals surface area contributed by atoms with Crippen LogP contribution in [0.4, 0.5) is 0 Å². The van der Waals surface area contributed by atoms with Gasteiger partial charge in [0.1, 0.15) is 0 Å². The van der Waals surface area contributed by atoms with Gasteiger partial charge in [0, 0.05) is 18.5 Å². The molecule has 0 aromatic carbocycles. The fourth-order valence-electron chi connectivity index (χ4n) is 1.41. The van der Waals surface area contributed by atoms with Crippen LogP contribution in [-0.2, 0) is 11.3 Å². The molecule has 14 heavy (non-hydrogen) atoms. The van der Waals surface area contributed by atoms with Crippen molar-refractivity contribution in [1.29, 1.82) is 0 Å². The van der Waals surface area contributed by atoms with E-state index in [9.17, 15) is 0 Å². The number of hydrogen-bond donors (Lipinski definition) is 1. The van der Waals surface area contributed by atoms with Crippen LogP contribution in [0.2, 0.25) is 0 Å². The van der Waals surface area contributed by atoms with Gasteiger partial charge in [-0.2, -0.15) is 0 Å². The molecular weight excluding hydrogens is 196 g/mol. The summed E-state index contributed by atoms with van der Waals surface area (Å²) in [5.74, 6) is 0. The lowest BCUT2D eigenvalue weighted by molar-refractivity contribution is 0.148. The zero-order chi connectivity index (χ0) is 9.64. The van der Waals surface area contributed by atoms with Crippen molar-refractivity contribution < 1.29 is 4.74 Å². The van der Waals surface area contributed by atoms with E-state index >= 15 is 0 Å². The van der Waals surface area contributed by atoms with Gasteiger partial charge in [-0.25, -0.2) is 4.98 Å². The van der Waals surface area contributed by atoms with Crippen molar-refractivity contribution in [2.24, 2.45) is 0 Å². The highest BCUT2D eigenvalue weighted by Gasteiger charge is 2.03. The number of rotatable bonds is 4. The molecule has 2 rings (SSSR count). The maximum atomic E-state index is 5.35. The van der Waals surface area contributed by atoms with Crippen LogP contribution < -0.4 is 5.32 Å². The van der Waals surface area contributed by atoms with Crippen LogP contribution in [-0.4, -0.2) is 24.7 Å². The van der Waals surface area contributed by atoms with E-state index in [0.29, 0.717) is 0 Å². The normalized spacial score (nSPS) is 16.7. The van der Waals surface area contributed by atoms with Crippen molar-refractivity contribution in [3.8, 4) is 0 Å². The van der Waals surface area contributed by atoms with Crippen LogP contribution in [0.1, 0.15) is 12.1 Å². The molecule has 0 saturated heterocycles. The molecule has 0 saturated carbocycles. The molecule has 3 nitrogen and oxygen atoms in total. The lowest BCUT2D eigenvalue weighted by Crippen LogP contribution is -2.21. The van der Waals surface area contributed by atoms with Crippen LogP contribution >= 0.6 is 11.3 Å². The molecule has 0 fully saturated rings. The summed E-state index contributed by atoms with van der Waals surface area (Å²) in [6.45, 7) is 3.41. The fourth-order valence-corrected chi connectivity index (χ4v) is 1.97. The minimum absolute atomic E-state index is 0.782. The van der Waals surface area contributed by atoms with Gasteiger partial charge in [-0.1, -0.05) is 6.08 Å². The van der Waals surface area contributed by atoms with E-state index in [2.05, 4.69) is 21.8 Å². The molecule has 2 heterocycles. The summed E-state index contributed by atoms with van der Waals surface area (Å²) in [7, 11) is 0. The maximum absolute atomic E-state index is 5.35. The summed E-state index contributed by atoms with van der Waals surface area (Å²) in [4.78, 5) is 4.20. The second-order valence-corrected chi connectivity index (χ2v) is 4.01. The van der Waals surface area contributed by atoms with E-state index in [0.717, 1.165) is 38.4 Å². The van der Waals surface area contributed by atoms with E-state index in [1.165, 1.54) is 5.57 Å². The van der Waals surface area contributed by atoms with Crippen LogP contribution in [0.5, 0.6) is 0 Å². The lowest BCUT2D eigenvalue weighted by Gasteiger charge is -2.13. The van der Waals surface area contributed by atoms with Gasteiger partial charge in [0.15, 0.2) is 0 Å². The van der Waals surface area contributed by atoms with Crippen molar-refractivity contribution in [3.05, 3.63) is 28.2 Å². The van der Waals surface area contributed by atoms with Crippen molar-refractivity contribution in [1.82, 2.24) is 10.3 Å². The van der Waals surface area contributed by atoms with Gasteiger partial charge in [-0.05, 0) is 12.0 Å². The Balaban J connectivity index is 1.70. The van der Waals surface area contributed by atoms with Crippen LogP contribution in [0.25, 0.3) is 0 Å². The zero-order valence-electron chi connectivity index (χ0n) is 8.03. The third-order valence-corrected chi connectivity index (χ3v) is 2.76. The standard InChI is InChI=1S/C10H14N2OS/c1-2-9(6-13-3-1)4-11-5-10-7-14-8-12-10/h2,7-8,11H,1,3-6H2. The summed E-state index contributed by atoms with van der Waals surface area (Å²) in [6.07, 6.45) is 3.31. The summed E-state index contributed by atoms with van der Waals surface area (Å²) in [5.41, 5.74) is 4.33. The molecule has 0 atom stereocenters. The second kappa shape index (κ2) is 5.24. The smallest absolute Gasteiger partial charge is 0.0795 e. The first kappa shape index (κ1) is 9.83. The molecular formula is C10H14N2OS. The molecule has 76 valence electrons. The zero-order valence-corrected chi connectivity index (χ0v) is 8.85. The van der Waals surface area contributed by atoms with Crippen molar-refractivity contribution in [3.63, 3.8) is 0 Å². The minimum Gasteiger partial charge on any atom is -0.377 e. The molecule has 1 aliphatic rings. The quantitative estimate of drug-likeness (QED) is 0.766. The molecule has 0 unspecified atom stereocenters. The molecule has 1 N–H and O–H groups in total. The number of ether oxygens (including phenoxy) is 1. The van der Waals surface area contributed by atoms with Gasteiger partial charge < -0.3 is 10.1 Å². The Hall–Kier alpha value is -0.710. The van der Waals surface area contributed by atoms with Crippen LogP contribution in [0.3, 0.4) is 0 Å². The van der Waals surface area contributed by atoms with Gasteiger partial charge in [0.2, 0.25) is 0 Å². The Morgan fingerprint density at radius 2 is 2.50 bits per heavy atom. The Labute approximate surface area is 87.8 Å². The molecule has 0 radical (unpaired) electrons. The highest BCUT2D eigenvalue weighted by molar-refractivity contribution is 7.07. The molecule has 1 aromatic rings. The third-order valence-electron chi connectivity index (χ3n) is 2.12. The first-order valence-electron chi connectivity index (χ1n) is 4.78. The van der Waals surface area contributed by atoms with Crippen molar-refractivity contribution in [2.45, 2.75) is 13.0 Å². The van der Waals surface area contributed by atoms with Gasteiger partial charge in [-0.3, -0.25) is 0 Å². The molecule has 0 aliphatic carbocycles.